The molecule has 13 heteroatoms. The molecule has 3 rings (SSSR count). The van der Waals surface area contributed by atoms with Gasteiger partial charge in [-0.25, -0.2) is 13.8 Å². The van der Waals surface area contributed by atoms with E-state index in [1.54, 1.807) is 5.10 Å². The number of nitrogens with one attached hydrogen (secondary N) is 3. The van der Waals surface area contributed by atoms with Crippen molar-refractivity contribution in [3.05, 3.63) is 27.3 Å². The van der Waals surface area contributed by atoms with Gasteiger partial charge >= 0.3 is 6.18 Å². The second kappa shape index (κ2) is 6.50. The number of alkyl halides is 5. The molecule has 142 valence electrons. The minimum Gasteiger partial charge on any atom is -0.348 e. The largest absolute Gasteiger partial charge is 0.433 e. The normalized spacial score (nSPS) is 18.0. The van der Waals surface area contributed by atoms with Crippen LogP contribution in [0.25, 0.3) is 11.4 Å². The van der Waals surface area contributed by atoms with Gasteiger partial charge in [0, 0.05) is 13.1 Å². The Balaban J connectivity index is 2.09. The van der Waals surface area contributed by atoms with Crippen molar-refractivity contribution in [2.24, 2.45) is 0 Å². The number of anilines is 1. The van der Waals surface area contributed by atoms with Crippen molar-refractivity contribution in [3.63, 3.8) is 0 Å². The van der Waals surface area contributed by atoms with E-state index in [0.717, 1.165) is 11.1 Å². The predicted molar refractivity (Wildman–Crippen MR) is 82.5 cm³/mol. The highest BCUT2D eigenvalue weighted by Crippen LogP contribution is 2.35. The summed E-state index contributed by atoms with van der Waals surface area (Å²) in [4.78, 5) is 19.1. The fourth-order valence-electron chi connectivity index (χ4n) is 2.55. The van der Waals surface area contributed by atoms with Gasteiger partial charge in [0.15, 0.2) is 11.5 Å². The number of aromatic nitrogens is 4. The molecule has 1 saturated heterocycles. The lowest BCUT2D eigenvalue weighted by atomic mass is 10.2. The van der Waals surface area contributed by atoms with Crippen LogP contribution in [0.2, 0.25) is 5.02 Å². The Kier molecular flexibility index (Phi) is 4.65. The summed E-state index contributed by atoms with van der Waals surface area (Å²) in [5.74, 6) is -3.92. The summed E-state index contributed by atoms with van der Waals surface area (Å²) in [5.41, 5.74) is -2.69. The van der Waals surface area contributed by atoms with Gasteiger partial charge in [-0.3, -0.25) is 9.89 Å². The quantitative estimate of drug-likeness (QED) is 0.672. The van der Waals surface area contributed by atoms with E-state index in [0.29, 0.717) is 0 Å². The molecule has 0 spiro atoms. The Hall–Kier alpha value is -2.21. The maximum absolute atomic E-state index is 13.8. The maximum atomic E-state index is 13.8. The molecule has 1 aliphatic rings. The lowest BCUT2D eigenvalue weighted by Gasteiger charge is -2.25. The van der Waals surface area contributed by atoms with Gasteiger partial charge in [-0.15, -0.1) is 0 Å². The molecule has 3 N–H and O–H groups in total. The number of H-pyrrole nitrogens is 2. The van der Waals surface area contributed by atoms with E-state index in [9.17, 15) is 26.7 Å². The molecule has 1 aliphatic heterocycles. The van der Waals surface area contributed by atoms with Gasteiger partial charge in [0.2, 0.25) is 0 Å². The Labute approximate surface area is 147 Å². The standard InChI is InChI=1S/C13H12ClF5N6O/c14-7-10(25-2-1-20-4-12(15,16)5-25)22-9(23-11(7)26)6-3-21-24-8(6)13(17,18)19/h3,20H,1-2,4-5H2,(H,21,24)(H,22,23,26). The van der Waals surface area contributed by atoms with E-state index in [-0.39, 0.29) is 18.9 Å². The van der Waals surface area contributed by atoms with Crippen LogP contribution in [-0.4, -0.2) is 52.3 Å². The zero-order valence-corrected chi connectivity index (χ0v) is 13.7. The molecule has 0 atom stereocenters. The zero-order chi connectivity index (χ0) is 19.1. The Morgan fingerprint density at radius 3 is 2.73 bits per heavy atom. The van der Waals surface area contributed by atoms with E-state index in [2.05, 4.69) is 20.4 Å². The summed E-state index contributed by atoms with van der Waals surface area (Å²) in [6, 6.07) is 0. The van der Waals surface area contributed by atoms with Crippen molar-refractivity contribution >= 4 is 17.4 Å². The third-order valence-electron chi connectivity index (χ3n) is 3.69. The first-order valence-electron chi connectivity index (χ1n) is 7.33. The lowest BCUT2D eigenvalue weighted by molar-refractivity contribution is -0.140. The molecule has 0 bridgehead atoms. The number of nitrogens with zero attached hydrogens (tertiary/aromatic N) is 3. The second-order valence-corrected chi connectivity index (χ2v) is 6.04. The Bertz CT molecular complexity index is 863. The smallest absolute Gasteiger partial charge is 0.348 e. The van der Waals surface area contributed by atoms with Crippen LogP contribution in [0.4, 0.5) is 27.8 Å². The molecule has 1 fully saturated rings. The monoisotopic (exact) mass is 398 g/mol. The first-order valence-corrected chi connectivity index (χ1v) is 7.70. The van der Waals surface area contributed by atoms with Gasteiger partial charge in [-0.05, 0) is 0 Å². The van der Waals surface area contributed by atoms with Gasteiger partial charge < -0.3 is 15.2 Å². The van der Waals surface area contributed by atoms with Gasteiger partial charge in [0.1, 0.15) is 10.8 Å². The number of hydrogen-bond acceptors (Lipinski definition) is 5. The second-order valence-electron chi connectivity index (χ2n) is 5.66. The molecule has 0 aromatic carbocycles. The number of aromatic amines is 2. The number of hydrogen-bond donors (Lipinski definition) is 3. The molecule has 7 nitrogen and oxygen atoms in total. The Morgan fingerprint density at radius 2 is 2.04 bits per heavy atom. The molecule has 0 unspecified atom stereocenters. The molecule has 26 heavy (non-hydrogen) atoms. The molecule has 0 saturated carbocycles. The lowest BCUT2D eigenvalue weighted by Crippen LogP contribution is -2.39. The number of rotatable bonds is 2. The zero-order valence-electron chi connectivity index (χ0n) is 12.9. The van der Waals surface area contributed by atoms with E-state index in [1.807, 2.05) is 0 Å². The first kappa shape index (κ1) is 18.6. The molecule has 2 aromatic heterocycles. The van der Waals surface area contributed by atoms with Crippen molar-refractivity contribution < 1.29 is 22.0 Å². The average molecular weight is 399 g/mol. The summed E-state index contributed by atoms with van der Waals surface area (Å²) in [6.45, 7) is -1.15. The predicted octanol–water partition coefficient (Wildman–Crippen LogP) is 1.88. The Morgan fingerprint density at radius 1 is 1.31 bits per heavy atom. The summed E-state index contributed by atoms with van der Waals surface area (Å²) in [5, 5.41) is 7.15. The van der Waals surface area contributed by atoms with Crippen molar-refractivity contribution in [2.45, 2.75) is 12.1 Å². The molecule has 0 aliphatic carbocycles. The third kappa shape index (κ3) is 3.65. The van der Waals surface area contributed by atoms with Crippen LogP contribution in [-0.2, 0) is 6.18 Å². The van der Waals surface area contributed by atoms with Gasteiger partial charge in [0.05, 0.1) is 24.8 Å². The van der Waals surface area contributed by atoms with Crippen molar-refractivity contribution in [1.82, 2.24) is 25.5 Å². The summed E-state index contributed by atoms with van der Waals surface area (Å²) in [6.07, 6.45) is -3.94. The van der Waals surface area contributed by atoms with Crippen LogP contribution < -0.4 is 15.8 Å². The summed E-state index contributed by atoms with van der Waals surface area (Å²) >= 11 is 5.88. The van der Waals surface area contributed by atoms with Crippen LogP contribution in [0.5, 0.6) is 0 Å². The number of halogens is 6. The summed E-state index contributed by atoms with van der Waals surface area (Å²) < 4.78 is 66.7. The molecule has 2 aromatic rings. The average Bonchev–Trinajstić information content (AvgIpc) is 2.96. The highest BCUT2D eigenvalue weighted by Gasteiger charge is 2.38. The van der Waals surface area contributed by atoms with E-state index in [4.69, 9.17) is 11.6 Å². The van der Waals surface area contributed by atoms with Crippen molar-refractivity contribution in [1.29, 1.82) is 0 Å². The van der Waals surface area contributed by atoms with Gasteiger partial charge in [-0.2, -0.15) is 18.3 Å². The van der Waals surface area contributed by atoms with Gasteiger partial charge in [-0.1, -0.05) is 11.6 Å². The van der Waals surface area contributed by atoms with E-state index in [1.165, 1.54) is 0 Å². The highest BCUT2D eigenvalue weighted by atomic mass is 35.5. The van der Waals surface area contributed by atoms with Crippen LogP contribution >= 0.6 is 11.6 Å². The molecular weight excluding hydrogens is 387 g/mol. The third-order valence-corrected chi connectivity index (χ3v) is 4.03. The topological polar surface area (TPSA) is 89.7 Å². The van der Waals surface area contributed by atoms with E-state index < -0.39 is 52.9 Å². The maximum Gasteiger partial charge on any atom is 0.433 e. The van der Waals surface area contributed by atoms with Gasteiger partial charge in [0.25, 0.3) is 11.5 Å². The van der Waals surface area contributed by atoms with Crippen molar-refractivity contribution in [2.75, 3.05) is 31.1 Å². The highest BCUT2D eigenvalue weighted by molar-refractivity contribution is 6.32. The van der Waals surface area contributed by atoms with E-state index >= 15 is 0 Å². The minimum atomic E-state index is -4.77. The van der Waals surface area contributed by atoms with Crippen LogP contribution in [0, 0.1) is 0 Å². The fourth-order valence-corrected chi connectivity index (χ4v) is 2.76. The fraction of sp³-hybridized carbons (Fsp3) is 0.462. The molecular formula is C13H12ClF5N6O. The van der Waals surface area contributed by atoms with Crippen LogP contribution in [0.15, 0.2) is 11.0 Å². The molecule has 3 heterocycles. The van der Waals surface area contributed by atoms with Crippen LogP contribution in [0.1, 0.15) is 5.69 Å². The first-order chi connectivity index (χ1) is 12.1. The SMILES string of the molecule is O=c1[nH]c(-c2cn[nH]c2C(F)(F)F)nc(N2CCNCC(F)(F)C2)c1Cl. The summed E-state index contributed by atoms with van der Waals surface area (Å²) in [7, 11) is 0. The van der Waals surface area contributed by atoms with Crippen molar-refractivity contribution in [3.8, 4) is 11.4 Å². The minimum absolute atomic E-state index is 0.0444. The molecule has 0 amide bonds. The molecule has 0 radical (unpaired) electrons. The van der Waals surface area contributed by atoms with Crippen LogP contribution in [0.3, 0.4) is 0 Å².